The number of amides is 2. The summed E-state index contributed by atoms with van der Waals surface area (Å²) in [4.78, 5) is 44.0. The Morgan fingerprint density at radius 3 is 2.67 bits per heavy atom. The molecular weight excluding hydrogens is 544 g/mol. The fourth-order valence-corrected chi connectivity index (χ4v) is 9.92. The van der Waals surface area contributed by atoms with Crippen molar-refractivity contribution in [1.82, 2.24) is 9.80 Å². The number of benzene rings is 1. The van der Waals surface area contributed by atoms with Crippen LogP contribution in [0.5, 0.6) is 0 Å². The van der Waals surface area contributed by atoms with Crippen LogP contribution in [0.3, 0.4) is 0 Å². The number of aliphatic hydroxyl groups excluding tert-OH is 1. The summed E-state index contributed by atoms with van der Waals surface area (Å²) in [6.45, 7) is 6.54. The van der Waals surface area contributed by atoms with Crippen molar-refractivity contribution in [1.29, 1.82) is 0 Å². The first kappa shape index (κ1) is 27.2. The number of hydrogen-bond acceptors (Lipinski definition) is 5. The van der Waals surface area contributed by atoms with Gasteiger partial charge in [0.15, 0.2) is 0 Å². The molecule has 1 aromatic carbocycles. The Hall–Kier alpha value is -1.84. The summed E-state index contributed by atoms with van der Waals surface area (Å²) in [6.07, 6.45) is 5.46. The molecule has 2 N–H and O–H groups in total. The number of carbonyl (C=O) groups excluding carboxylic acids is 2. The molecule has 7 atom stereocenters. The summed E-state index contributed by atoms with van der Waals surface area (Å²) in [5.41, 5.74) is 0.945. The van der Waals surface area contributed by atoms with E-state index in [1.807, 2.05) is 30.3 Å². The van der Waals surface area contributed by atoms with Gasteiger partial charge in [-0.1, -0.05) is 72.1 Å². The van der Waals surface area contributed by atoms with E-state index >= 15 is 0 Å². The molecule has 36 heavy (non-hydrogen) atoms. The molecule has 0 aliphatic carbocycles. The summed E-state index contributed by atoms with van der Waals surface area (Å²) >= 11 is 5.17. The third kappa shape index (κ3) is 4.63. The van der Waals surface area contributed by atoms with Crippen LogP contribution in [0.15, 0.2) is 43.0 Å². The van der Waals surface area contributed by atoms with Gasteiger partial charge >= 0.3 is 5.97 Å². The lowest BCUT2D eigenvalue weighted by Gasteiger charge is -2.40. The summed E-state index contributed by atoms with van der Waals surface area (Å²) in [6, 6.07) is 8.11. The molecule has 0 radical (unpaired) electrons. The number of carbonyl (C=O) groups is 3. The van der Waals surface area contributed by atoms with Gasteiger partial charge in [-0.15, -0.1) is 18.3 Å². The van der Waals surface area contributed by atoms with E-state index in [2.05, 4.69) is 29.4 Å². The quantitative estimate of drug-likeness (QED) is 0.224. The number of unbranched alkanes of at least 4 members (excludes halogenated alkanes) is 2. The van der Waals surface area contributed by atoms with Crippen LogP contribution in [-0.4, -0.2) is 84.4 Å². The third-order valence-corrected chi connectivity index (χ3v) is 11.1. The van der Waals surface area contributed by atoms with Gasteiger partial charge in [0.2, 0.25) is 11.8 Å². The zero-order valence-electron chi connectivity index (χ0n) is 20.6. The second-order valence-electron chi connectivity index (χ2n) is 10.1. The topological polar surface area (TPSA) is 98.2 Å². The Kier molecular flexibility index (Phi) is 8.52. The Bertz CT molecular complexity index is 994. The van der Waals surface area contributed by atoms with E-state index in [0.717, 1.165) is 24.8 Å². The lowest BCUT2D eigenvalue weighted by atomic mass is 9.71. The van der Waals surface area contributed by atoms with Crippen molar-refractivity contribution < 1.29 is 24.6 Å². The Labute approximate surface area is 225 Å². The number of fused-ring (bicyclic) bond motifs is 1. The largest absolute Gasteiger partial charge is 0.481 e. The Morgan fingerprint density at radius 2 is 2.06 bits per heavy atom. The minimum absolute atomic E-state index is 0.0995. The highest BCUT2D eigenvalue weighted by atomic mass is 79.9. The van der Waals surface area contributed by atoms with E-state index in [9.17, 15) is 24.6 Å². The van der Waals surface area contributed by atoms with Gasteiger partial charge in [0, 0.05) is 23.2 Å². The molecule has 3 saturated heterocycles. The molecule has 9 heteroatoms. The molecule has 196 valence electrons. The number of aliphatic hydroxyl groups is 1. The first-order valence-electron chi connectivity index (χ1n) is 12.7. The molecule has 3 aliphatic heterocycles. The van der Waals surface area contributed by atoms with Crippen LogP contribution >= 0.6 is 27.7 Å². The van der Waals surface area contributed by atoms with Gasteiger partial charge in [-0.3, -0.25) is 14.4 Å². The summed E-state index contributed by atoms with van der Waals surface area (Å²) in [5.74, 6) is -3.16. The van der Waals surface area contributed by atoms with E-state index in [1.165, 1.54) is 11.8 Å². The smallest absolute Gasteiger partial charge is 0.308 e. The van der Waals surface area contributed by atoms with Gasteiger partial charge in [0.1, 0.15) is 6.04 Å². The second kappa shape index (κ2) is 11.3. The molecule has 3 unspecified atom stereocenters. The maximum atomic E-state index is 14.3. The van der Waals surface area contributed by atoms with Crippen molar-refractivity contribution in [3.8, 4) is 0 Å². The molecule has 0 saturated carbocycles. The second-order valence-corrected chi connectivity index (χ2v) is 12.8. The maximum Gasteiger partial charge on any atom is 0.308 e. The first-order valence-corrected chi connectivity index (χ1v) is 14.5. The van der Waals surface area contributed by atoms with E-state index in [1.54, 1.807) is 15.9 Å². The molecule has 3 heterocycles. The van der Waals surface area contributed by atoms with Gasteiger partial charge in [0.25, 0.3) is 0 Å². The minimum Gasteiger partial charge on any atom is -0.481 e. The summed E-state index contributed by atoms with van der Waals surface area (Å²) < 4.78 is -0.843. The van der Waals surface area contributed by atoms with Crippen LogP contribution in [0.1, 0.15) is 38.2 Å². The molecular formula is C27H35BrN2O5S. The number of carboxylic acids is 1. The molecule has 7 nitrogen and oxygen atoms in total. The van der Waals surface area contributed by atoms with E-state index < -0.39 is 34.6 Å². The molecule has 3 fully saturated rings. The summed E-state index contributed by atoms with van der Waals surface area (Å²) in [5, 5.41) is 20.3. The molecule has 3 aliphatic rings. The number of carboxylic acid groups (broad SMARTS) is 1. The van der Waals surface area contributed by atoms with Crippen LogP contribution in [0.4, 0.5) is 0 Å². The van der Waals surface area contributed by atoms with E-state index in [4.69, 9.17) is 0 Å². The van der Waals surface area contributed by atoms with Crippen molar-refractivity contribution in [2.75, 3.05) is 19.7 Å². The van der Waals surface area contributed by atoms with Crippen LogP contribution in [-0.2, 0) is 20.8 Å². The number of halogens is 1. The number of hydrogen-bond donors (Lipinski definition) is 2. The van der Waals surface area contributed by atoms with E-state index in [-0.39, 0.29) is 28.5 Å². The van der Waals surface area contributed by atoms with Gasteiger partial charge in [-0.05, 0) is 24.8 Å². The average Bonchev–Trinajstić information content (AvgIpc) is 3.46. The van der Waals surface area contributed by atoms with Crippen molar-refractivity contribution in [2.45, 2.75) is 65.9 Å². The third-order valence-electron chi connectivity index (χ3n) is 7.86. The molecule has 1 aromatic rings. The van der Waals surface area contributed by atoms with Gasteiger partial charge in [-0.25, -0.2) is 0 Å². The highest BCUT2D eigenvalue weighted by molar-refractivity contribution is 9.09. The fraction of sp³-hybridized carbons (Fsp3) is 0.593. The van der Waals surface area contributed by atoms with E-state index in [0.29, 0.717) is 25.9 Å². The minimum atomic E-state index is -1.00. The van der Waals surface area contributed by atoms with Crippen molar-refractivity contribution >= 4 is 45.5 Å². The standard InChI is InChI=1S/C27H35BrN2O5S/c1-3-5-9-13-29(12-4-2)25(33)23-27-15-19(28)22(36-27)20(26(34)35)21(27)24(32)30(23)18(16-31)14-17-10-7-6-8-11-17/h4,6-8,10-11,18-23,31H,2-3,5,9,12-16H2,1H3,(H,34,35)/t18-,19?,20+,21+,22+,23?,27?/m1/s1. The molecule has 1 spiro atoms. The molecule has 2 amide bonds. The van der Waals surface area contributed by atoms with Gasteiger partial charge in [-0.2, -0.15) is 0 Å². The fourth-order valence-electron chi connectivity index (χ4n) is 6.33. The Balaban J connectivity index is 1.77. The summed E-state index contributed by atoms with van der Waals surface area (Å²) in [7, 11) is 0. The maximum absolute atomic E-state index is 14.3. The number of aliphatic carboxylic acids is 1. The van der Waals surface area contributed by atoms with Crippen molar-refractivity contribution in [3.05, 3.63) is 48.6 Å². The SMILES string of the molecule is C=CCN(CCCCC)C(=O)C1N([C@@H](CO)Cc2ccccc2)C(=O)[C@@H]2[C@H](C(=O)O)[C@H]3SC12CC3Br. The van der Waals surface area contributed by atoms with Crippen LogP contribution in [0, 0.1) is 11.8 Å². The highest BCUT2D eigenvalue weighted by Gasteiger charge is 2.76. The number of nitrogens with zero attached hydrogens (tertiary/aromatic N) is 2. The van der Waals surface area contributed by atoms with Crippen LogP contribution in [0.2, 0.25) is 0 Å². The zero-order chi connectivity index (χ0) is 26.0. The number of thioether (sulfide) groups is 1. The predicted octanol–water partition coefficient (Wildman–Crippen LogP) is 3.34. The van der Waals surface area contributed by atoms with Gasteiger partial charge < -0.3 is 20.0 Å². The molecule has 0 aromatic heterocycles. The van der Waals surface area contributed by atoms with Crippen LogP contribution < -0.4 is 0 Å². The van der Waals surface area contributed by atoms with Gasteiger partial charge in [0.05, 0.1) is 29.2 Å². The number of rotatable bonds is 12. The molecule has 2 bridgehead atoms. The zero-order valence-corrected chi connectivity index (χ0v) is 23.0. The van der Waals surface area contributed by atoms with Crippen molar-refractivity contribution in [2.24, 2.45) is 11.8 Å². The molecule has 4 rings (SSSR count). The normalized spacial score (nSPS) is 31.4. The lowest BCUT2D eigenvalue weighted by molar-refractivity contribution is -0.149. The highest BCUT2D eigenvalue weighted by Crippen LogP contribution is 2.68. The average molecular weight is 580 g/mol. The van der Waals surface area contributed by atoms with Crippen LogP contribution in [0.25, 0.3) is 0 Å². The number of likely N-dealkylation sites (tertiary alicyclic amines) is 1. The Morgan fingerprint density at radius 1 is 1.33 bits per heavy atom. The monoisotopic (exact) mass is 578 g/mol. The number of alkyl halides is 1. The predicted molar refractivity (Wildman–Crippen MR) is 144 cm³/mol. The lowest BCUT2D eigenvalue weighted by Crippen LogP contribution is -2.58. The first-order chi connectivity index (χ1) is 17.3. The van der Waals surface area contributed by atoms with Crippen molar-refractivity contribution in [3.63, 3.8) is 0 Å².